The predicted molar refractivity (Wildman–Crippen MR) is 104 cm³/mol. The van der Waals surface area contributed by atoms with Crippen molar-refractivity contribution in [2.24, 2.45) is 0 Å². The third-order valence-electron chi connectivity index (χ3n) is 4.58. The van der Waals surface area contributed by atoms with Crippen molar-refractivity contribution in [2.45, 2.75) is 38.1 Å². The van der Waals surface area contributed by atoms with Gasteiger partial charge in [0, 0.05) is 24.2 Å². The van der Waals surface area contributed by atoms with Gasteiger partial charge < -0.3 is 10.1 Å². The van der Waals surface area contributed by atoms with Gasteiger partial charge in [0.05, 0.1) is 5.75 Å². The van der Waals surface area contributed by atoms with E-state index >= 15 is 0 Å². The molecule has 27 heavy (non-hydrogen) atoms. The summed E-state index contributed by atoms with van der Waals surface area (Å²) in [6.07, 6.45) is 0.811. The molecule has 1 aliphatic heterocycles. The van der Waals surface area contributed by atoms with Crippen LogP contribution in [0.3, 0.4) is 0 Å². The maximum atomic E-state index is 13.2. The number of nitrogens with one attached hydrogen (secondary N) is 1. The number of sulfonamides is 1. The number of para-hydroxylation sites is 1. The lowest BCUT2D eigenvalue weighted by Crippen LogP contribution is -2.46. The number of rotatable bonds is 7. The molecule has 146 valence electrons. The van der Waals surface area contributed by atoms with E-state index in [2.05, 4.69) is 5.32 Å². The van der Waals surface area contributed by atoms with Crippen LogP contribution in [0.1, 0.15) is 25.8 Å². The molecule has 1 N–H and O–H groups in total. The van der Waals surface area contributed by atoms with E-state index in [1.165, 1.54) is 24.3 Å². The molecule has 0 radical (unpaired) electrons. The quantitative estimate of drug-likeness (QED) is 0.783. The lowest BCUT2D eigenvalue weighted by Gasteiger charge is -2.31. The van der Waals surface area contributed by atoms with Crippen LogP contribution in [0.5, 0.6) is 11.5 Å². The molecule has 0 aliphatic carbocycles. The van der Waals surface area contributed by atoms with E-state index in [0.29, 0.717) is 23.6 Å². The molecule has 2 aromatic rings. The molecule has 1 atom stereocenters. The molecule has 0 amide bonds. The maximum absolute atomic E-state index is 13.2. The zero-order valence-electron chi connectivity index (χ0n) is 15.6. The molecule has 5 nitrogen and oxygen atoms in total. The Morgan fingerprint density at radius 3 is 2.52 bits per heavy atom. The predicted octanol–water partition coefficient (Wildman–Crippen LogP) is 3.52. The molecule has 1 saturated heterocycles. The Kier molecular flexibility index (Phi) is 6.14. The topological polar surface area (TPSA) is 58.6 Å². The van der Waals surface area contributed by atoms with Gasteiger partial charge in [0.1, 0.15) is 17.3 Å². The average molecular weight is 392 g/mol. The van der Waals surface area contributed by atoms with Crippen LogP contribution in [-0.4, -0.2) is 37.9 Å². The summed E-state index contributed by atoms with van der Waals surface area (Å²) in [5.41, 5.74) is 0.582. The van der Waals surface area contributed by atoms with Gasteiger partial charge in [-0.1, -0.05) is 18.2 Å². The molecule has 0 aromatic heterocycles. The molecule has 3 rings (SSSR count). The van der Waals surface area contributed by atoms with Crippen LogP contribution in [0.2, 0.25) is 0 Å². The van der Waals surface area contributed by atoms with Gasteiger partial charge in [0.15, 0.2) is 0 Å². The lowest BCUT2D eigenvalue weighted by molar-refractivity contribution is 0.285. The zero-order chi connectivity index (χ0) is 19.4. The van der Waals surface area contributed by atoms with Crippen LogP contribution >= 0.6 is 0 Å². The molecular weight excluding hydrogens is 367 g/mol. The van der Waals surface area contributed by atoms with Gasteiger partial charge in [-0.3, -0.25) is 0 Å². The van der Waals surface area contributed by atoms with E-state index in [0.717, 1.165) is 13.0 Å². The fourth-order valence-electron chi connectivity index (χ4n) is 3.45. The fraction of sp³-hybridized carbons (Fsp3) is 0.400. The summed E-state index contributed by atoms with van der Waals surface area (Å²) in [4.78, 5) is 0. The second kappa shape index (κ2) is 8.37. The zero-order valence-corrected chi connectivity index (χ0v) is 16.4. The van der Waals surface area contributed by atoms with E-state index < -0.39 is 10.0 Å². The van der Waals surface area contributed by atoms with Crippen molar-refractivity contribution in [2.75, 3.05) is 13.1 Å². The van der Waals surface area contributed by atoms with Gasteiger partial charge in [-0.2, -0.15) is 4.31 Å². The largest absolute Gasteiger partial charge is 0.457 e. The van der Waals surface area contributed by atoms with Gasteiger partial charge in [0.25, 0.3) is 0 Å². The number of hydrogen-bond donors (Lipinski definition) is 1. The first-order valence-corrected chi connectivity index (χ1v) is 10.7. The molecule has 1 heterocycles. The minimum atomic E-state index is -3.53. The second-order valence-corrected chi connectivity index (χ2v) is 8.86. The summed E-state index contributed by atoms with van der Waals surface area (Å²) in [5.74, 6) is 0.429. The third-order valence-corrected chi connectivity index (χ3v) is 6.61. The van der Waals surface area contributed by atoms with Crippen LogP contribution in [0.25, 0.3) is 0 Å². The van der Waals surface area contributed by atoms with Crippen LogP contribution in [0.15, 0.2) is 48.5 Å². The Morgan fingerprint density at radius 1 is 1.19 bits per heavy atom. The fourth-order valence-corrected chi connectivity index (χ4v) is 5.51. The average Bonchev–Trinajstić information content (AvgIpc) is 3.11. The number of halogens is 1. The summed E-state index contributed by atoms with van der Waals surface area (Å²) in [6.45, 7) is 5.30. The molecule has 7 heteroatoms. The van der Waals surface area contributed by atoms with Crippen LogP contribution in [0, 0.1) is 5.82 Å². The van der Waals surface area contributed by atoms with E-state index in [9.17, 15) is 12.8 Å². The highest BCUT2D eigenvalue weighted by Crippen LogP contribution is 2.29. The van der Waals surface area contributed by atoms with Crippen LogP contribution < -0.4 is 10.1 Å². The van der Waals surface area contributed by atoms with Crippen molar-refractivity contribution < 1.29 is 17.5 Å². The van der Waals surface area contributed by atoms with E-state index in [1.54, 1.807) is 28.6 Å². The molecule has 1 fully saturated rings. The Morgan fingerprint density at radius 2 is 1.89 bits per heavy atom. The minimum absolute atomic E-state index is 0.0276. The molecular formula is C20H25FN2O3S. The van der Waals surface area contributed by atoms with Gasteiger partial charge in [0.2, 0.25) is 10.0 Å². The first kappa shape index (κ1) is 19.8. The Labute approximate surface area is 160 Å². The van der Waals surface area contributed by atoms with Crippen molar-refractivity contribution in [3.8, 4) is 11.5 Å². The minimum Gasteiger partial charge on any atom is -0.457 e. The Balaban J connectivity index is 1.84. The first-order chi connectivity index (χ1) is 12.9. The van der Waals surface area contributed by atoms with Crippen molar-refractivity contribution in [3.63, 3.8) is 0 Å². The summed E-state index contributed by atoms with van der Waals surface area (Å²) >= 11 is 0. The van der Waals surface area contributed by atoms with Crippen molar-refractivity contribution in [1.82, 2.24) is 9.62 Å². The van der Waals surface area contributed by atoms with Crippen molar-refractivity contribution >= 4 is 10.0 Å². The van der Waals surface area contributed by atoms with E-state index in [-0.39, 0.29) is 23.7 Å². The second-order valence-electron chi connectivity index (χ2n) is 6.99. The summed E-state index contributed by atoms with van der Waals surface area (Å²) < 4.78 is 46.9. The third kappa shape index (κ3) is 4.86. The molecule has 0 bridgehead atoms. The van der Waals surface area contributed by atoms with Gasteiger partial charge >= 0.3 is 0 Å². The van der Waals surface area contributed by atoms with E-state index in [4.69, 9.17) is 4.74 Å². The monoisotopic (exact) mass is 392 g/mol. The van der Waals surface area contributed by atoms with E-state index in [1.807, 2.05) is 13.8 Å². The van der Waals surface area contributed by atoms with Gasteiger partial charge in [-0.05, 0) is 57.1 Å². The SMILES string of the molecule is CC(C)N([C@H]1CCNC1)S(=O)(=O)Cc1ccccc1Oc1ccc(F)cc1. The Bertz CT molecular complexity index is 863. The maximum Gasteiger partial charge on any atom is 0.218 e. The normalized spacial score (nSPS) is 17.6. The highest BCUT2D eigenvalue weighted by Gasteiger charge is 2.34. The summed E-state index contributed by atoms with van der Waals surface area (Å²) in [5, 5.41) is 3.23. The van der Waals surface area contributed by atoms with Gasteiger partial charge in [-0.15, -0.1) is 0 Å². The van der Waals surface area contributed by atoms with Crippen LogP contribution in [-0.2, 0) is 15.8 Å². The van der Waals surface area contributed by atoms with Gasteiger partial charge in [-0.25, -0.2) is 12.8 Å². The summed E-state index contributed by atoms with van der Waals surface area (Å²) in [7, 11) is -3.53. The molecule has 0 saturated carbocycles. The molecule has 2 aromatic carbocycles. The molecule has 0 unspecified atom stereocenters. The molecule has 0 spiro atoms. The van der Waals surface area contributed by atoms with Crippen molar-refractivity contribution in [3.05, 3.63) is 59.9 Å². The highest BCUT2D eigenvalue weighted by atomic mass is 32.2. The first-order valence-electron chi connectivity index (χ1n) is 9.10. The lowest BCUT2D eigenvalue weighted by atomic mass is 10.2. The smallest absolute Gasteiger partial charge is 0.218 e. The van der Waals surface area contributed by atoms with Crippen molar-refractivity contribution in [1.29, 1.82) is 0 Å². The standard InChI is InChI=1S/C20H25FN2O3S/c1-15(2)23(18-11-12-22-13-18)27(24,25)14-16-5-3-4-6-20(16)26-19-9-7-17(21)8-10-19/h3-10,15,18,22H,11-14H2,1-2H3/t18-/m0/s1. The van der Waals surface area contributed by atoms with Crippen LogP contribution in [0.4, 0.5) is 4.39 Å². The summed E-state index contributed by atoms with van der Waals surface area (Å²) in [6, 6.07) is 12.6. The highest BCUT2D eigenvalue weighted by molar-refractivity contribution is 7.88. The Hall–Kier alpha value is -1.96. The number of hydrogen-bond acceptors (Lipinski definition) is 4. The number of ether oxygens (including phenoxy) is 1. The number of benzene rings is 2. The molecule has 1 aliphatic rings. The number of nitrogens with zero attached hydrogens (tertiary/aromatic N) is 1.